The molecule has 0 bridgehead atoms. The number of hydrogen-bond acceptors (Lipinski definition) is 3. The summed E-state index contributed by atoms with van der Waals surface area (Å²) in [7, 11) is 4.10. The molecule has 0 unspecified atom stereocenters. The predicted octanol–water partition coefficient (Wildman–Crippen LogP) is 2.52. The van der Waals surface area contributed by atoms with Gasteiger partial charge >= 0.3 is 0 Å². The molecule has 17 heavy (non-hydrogen) atoms. The van der Waals surface area contributed by atoms with Gasteiger partial charge in [-0.05, 0) is 52.1 Å². The average molecular weight is 236 g/mol. The van der Waals surface area contributed by atoms with Crippen LogP contribution >= 0.6 is 0 Å². The third-order valence-corrected chi connectivity index (χ3v) is 3.05. The smallest absolute Gasteiger partial charge is 0.119 e. The summed E-state index contributed by atoms with van der Waals surface area (Å²) in [5, 5.41) is 3.22. The molecule has 0 spiro atoms. The lowest BCUT2D eigenvalue weighted by molar-refractivity contribution is 0.340. The van der Waals surface area contributed by atoms with Crippen molar-refractivity contribution in [1.82, 2.24) is 5.32 Å². The Morgan fingerprint density at radius 2 is 1.82 bits per heavy atom. The van der Waals surface area contributed by atoms with Crippen LogP contribution < -0.4 is 15.0 Å². The van der Waals surface area contributed by atoms with E-state index in [2.05, 4.69) is 43.2 Å². The number of rotatable bonds is 6. The van der Waals surface area contributed by atoms with Gasteiger partial charge in [0.25, 0.3) is 0 Å². The Labute approximate surface area is 105 Å². The molecule has 0 amide bonds. The largest absolute Gasteiger partial charge is 0.494 e. The maximum Gasteiger partial charge on any atom is 0.119 e. The van der Waals surface area contributed by atoms with Crippen molar-refractivity contribution in [3.8, 4) is 5.75 Å². The van der Waals surface area contributed by atoms with Crippen LogP contribution in [0.4, 0.5) is 5.69 Å². The molecule has 0 fully saturated rings. The normalized spacial score (nSPS) is 11.4. The molecule has 0 aliphatic heterocycles. The minimum absolute atomic E-state index is 0.0852. The fraction of sp³-hybridized carbons (Fsp3) is 0.571. The van der Waals surface area contributed by atoms with Gasteiger partial charge in [-0.3, -0.25) is 0 Å². The summed E-state index contributed by atoms with van der Waals surface area (Å²) < 4.78 is 5.44. The van der Waals surface area contributed by atoms with Crippen molar-refractivity contribution in [3.63, 3.8) is 0 Å². The second-order valence-electron chi connectivity index (χ2n) is 4.83. The molecule has 3 heteroatoms. The molecule has 1 aromatic rings. The number of nitrogens with zero attached hydrogens (tertiary/aromatic N) is 1. The highest BCUT2D eigenvalue weighted by Gasteiger charge is 2.22. The van der Waals surface area contributed by atoms with Gasteiger partial charge in [0, 0.05) is 24.8 Å². The highest BCUT2D eigenvalue weighted by Crippen LogP contribution is 2.24. The Balaban J connectivity index is 2.78. The van der Waals surface area contributed by atoms with E-state index < -0.39 is 0 Å². The van der Waals surface area contributed by atoms with Crippen molar-refractivity contribution in [2.75, 3.05) is 32.1 Å². The minimum atomic E-state index is 0.0852. The Hall–Kier alpha value is -1.22. The summed E-state index contributed by atoms with van der Waals surface area (Å²) in [6.45, 7) is 8.09. The number of ether oxygens (including phenoxy) is 1. The van der Waals surface area contributed by atoms with Crippen molar-refractivity contribution < 1.29 is 4.74 Å². The average Bonchev–Trinajstić information content (AvgIpc) is 2.29. The first-order valence-corrected chi connectivity index (χ1v) is 6.12. The molecule has 3 nitrogen and oxygen atoms in total. The Morgan fingerprint density at radius 3 is 2.29 bits per heavy atom. The third kappa shape index (κ3) is 3.63. The van der Waals surface area contributed by atoms with Crippen LogP contribution in [0.15, 0.2) is 24.3 Å². The minimum Gasteiger partial charge on any atom is -0.494 e. The molecular formula is C14H24N2O. The van der Waals surface area contributed by atoms with Gasteiger partial charge in [-0.25, -0.2) is 0 Å². The molecule has 0 atom stereocenters. The van der Waals surface area contributed by atoms with Gasteiger partial charge in [-0.15, -0.1) is 0 Å². The first-order chi connectivity index (χ1) is 8.01. The molecule has 1 rings (SSSR count). The molecule has 96 valence electrons. The number of hydrogen-bond donors (Lipinski definition) is 1. The molecule has 1 N–H and O–H groups in total. The molecule has 0 aromatic heterocycles. The van der Waals surface area contributed by atoms with Crippen LogP contribution in [-0.4, -0.2) is 32.8 Å². The van der Waals surface area contributed by atoms with Crippen molar-refractivity contribution >= 4 is 5.69 Å². The second kappa shape index (κ2) is 5.92. The quantitative estimate of drug-likeness (QED) is 0.821. The van der Waals surface area contributed by atoms with E-state index in [0.29, 0.717) is 6.61 Å². The standard InChI is InChI=1S/C14H24N2O/c1-6-17-13-9-7-12(8-10-13)16(5)14(2,3)11-15-4/h7-10,15H,6,11H2,1-5H3. The second-order valence-corrected chi connectivity index (χ2v) is 4.83. The number of nitrogens with one attached hydrogen (secondary N) is 1. The number of likely N-dealkylation sites (N-methyl/N-ethyl adjacent to an activating group) is 2. The molecule has 0 saturated heterocycles. The van der Waals surface area contributed by atoms with E-state index in [1.54, 1.807) is 0 Å². The molecular weight excluding hydrogens is 212 g/mol. The summed E-state index contributed by atoms with van der Waals surface area (Å²) in [6.07, 6.45) is 0. The van der Waals surface area contributed by atoms with Crippen LogP contribution in [0.3, 0.4) is 0 Å². The van der Waals surface area contributed by atoms with E-state index in [9.17, 15) is 0 Å². The van der Waals surface area contributed by atoms with E-state index in [1.165, 1.54) is 5.69 Å². The van der Waals surface area contributed by atoms with Gasteiger partial charge in [-0.1, -0.05) is 0 Å². The van der Waals surface area contributed by atoms with Crippen LogP contribution in [0.2, 0.25) is 0 Å². The van der Waals surface area contributed by atoms with Crippen LogP contribution in [-0.2, 0) is 0 Å². The first-order valence-electron chi connectivity index (χ1n) is 6.12. The van der Waals surface area contributed by atoms with Gasteiger partial charge in [0.05, 0.1) is 6.61 Å². The van der Waals surface area contributed by atoms with Crippen molar-refractivity contribution in [2.24, 2.45) is 0 Å². The number of anilines is 1. The summed E-state index contributed by atoms with van der Waals surface area (Å²) >= 11 is 0. The molecule has 1 aromatic carbocycles. The van der Waals surface area contributed by atoms with Crippen molar-refractivity contribution in [3.05, 3.63) is 24.3 Å². The molecule has 0 aliphatic carbocycles. The molecule has 0 saturated carbocycles. The van der Waals surface area contributed by atoms with E-state index in [1.807, 2.05) is 26.1 Å². The topological polar surface area (TPSA) is 24.5 Å². The van der Waals surface area contributed by atoms with Gasteiger partial charge in [0.2, 0.25) is 0 Å². The third-order valence-electron chi connectivity index (χ3n) is 3.05. The molecule has 0 heterocycles. The van der Waals surface area contributed by atoms with Gasteiger partial charge in [-0.2, -0.15) is 0 Å². The SMILES string of the molecule is CCOc1ccc(N(C)C(C)(C)CNC)cc1. The Morgan fingerprint density at radius 1 is 1.24 bits per heavy atom. The zero-order valence-electron chi connectivity index (χ0n) is 11.6. The van der Waals surface area contributed by atoms with Crippen molar-refractivity contribution in [2.45, 2.75) is 26.3 Å². The maximum absolute atomic E-state index is 5.44. The van der Waals surface area contributed by atoms with Gasteiger partial charge < -0.3 is 15.0 Å². The fourth-order valence-corrected chi connectivity index (χ4v) is 1.83. The van der Waals surface area contributed by atoms with Crippen LogP contribution in [0, 0.1) is 0 Å². The van der Waals surface area contributed by atoms with Crippen molar-refractivity contribution in [1.29, 1.82) is 0 Å². The summed E-state index contributed by atoms with van der Waals surface area (Å²) in [5.41, 5.74) is 1.29. The zero-order chi connectivity index (χ0) is 12.9. The lowest BCUT2D eigenvalue weighted by Crippen LogP contribution is -2.48. The van der Waals surface area contributed by atoms with E-state index in [4.69, 9.17) is 4.74 Å². The first kappa shape index (κ1) is 13.8. The number of benzene rings is 1. The maximum atomic E-state index is 5.44. The molecule has 0 radical (unpaired) electrons. The molecule has 0 aliphatic rings. The van der Waals surface area contributed by atoms with Gasteiger partial charge in [0.15, 0.2) is 0 Å². The Bertz CT molecular complexity index is 333. The van der Waals surface area contributed by atoms with E-state index in [-0.39, 0.29) is 5.54 Å². The highest BCUT2D eigenvalue weighted by molar-refractivity contribution is 5.50. The predicted molar refractivity (Wildman–Crippen MR) is 74.0 cm³/mol. The summed E-state index contributed by atoms with van der Waals surface area (Å²) in [5.74, 6) is 0.927. The summed E-state index contributed by atoms with van der Waals surface area (Å²) in [4.78, 5) is 2.28. The highest BCUT2D eigenvalue weighted by atomic mass is 16.5. The lowest BCUT2D eigenvalue weighted by atomic mass is 10.0. The van der Waals surface area contributed by atoms with Crippen LogP contribution in [0.1, 0.15) is 20.8 Å². The lowest BCUT2D eigenvalue weighted by Gasteiger charge is -2.37. The Kier molecular flexibility index (Phi) is 4.82. The zero-order valence-corrected chi connectivity index (χ0v) is 11.6. The van der Waals surface area contributed by atoms with Gasteiger partial charge in [0.1, 0.15) is 5.75 Å². The summed E-state index contributed by atoms with van der Waals surface area (Å²) in [6, 6.07) is 8.24. The van der Waals surface area contributed by atoms with Crippen LogP contribution in [0.5, 0.6) is 5.75 Å². The fourth-order valence-electron chi connectivity index (χ4n) is 1.83. The van der Waals surface area contributed by atoms with E-state index >= 15 is 0 Å². The van der Waals surface area contributed by atoms with E-state index in [0.717, 1.165) is 12.3 Å². The monoisotopic (exact) mass is 236 g/mol. The van der Waals surface area contributed by atoms with Crippen LogP contribution in [0.25, 0.3) is 0 Å².